The van der Waals surface area contributed by atoms with Crippen LogP contribution in [0.3, 0.4) is 0 Å². The average Bonchev–Trinajstić information content (AvgIpc) is 3.31. The van der Waals surface area contributed by atoms with E-state index >= 15 is 0 Å². The number of thiazole rings is 1. The van der Waals surface area contributed by atoms with Crippen LogP contribution in [0.4, 0.5) is 0 Å². The normalized spacial score (nSPS) is 11.5. The zero-order valence-electron chi connectivity index (χ0n) is 18.3. The number of aryl methyl sites for hydroxylation is 2. The molecule has 0 saturated heterocycles. The van der Waals surface area contributed by atoms with E-state index in [1.807, 2.05) is 17.7 Å². The van der Waals surface area contributed by atoms with Gasteiger partial charge in [0.1, 0.15) is 0 Å². The molecule has 0 amide bonds. The van der Waals surface area contributed by atoms with Crippen molar-refractivity contribution in [3.63, 3.8) is 0 Å². The monoisotopic (exact) mass is 538 g/mol. The lowest BCUT2D eigenvalue weighted by Gasteiger charge is -2.15. The minimum atomic E-state index is 0. The third kappa shape index (κ3) is 6.28. The Morgan fingerprint density at radius 3 is 2.60 bits per heavy atom. The summed E-state index contributed by atoms with van der Waals surface area (Å²) in [5, 5.41) is 14.8. The van der Waals surface area contributed by atoms with Crippen LogP contribution in [0.5, 0.6) is 0 Å². The molecule has 162 valence electrons. The summed E-state index contributed by atoms with van der Waals surface area (Å²) in [5.41, 5.74) is 5.54. The van der Waals surface area contributed by atoms with Gasteiger partial charge in [0.2, 0.25) is 0 Å². The number of guanidine groups is 1. The highest BCUT2D eigenvalue weighted by Crippen LogP contribution is 2.19. The van der Waals surface area contributed by atoms with Crippen LogP contribution >= 0.6 is 35.3 Å². The Hall–Kier alpha value is -1.94. The number of halogens is 1. The fourth-order valence-corrected chi connectivity index (χ4v) is 4.02. The fourth-order valence-electron chi connectivity index (χ4n) is 3.15. The quantitative estimate of drug-likeness (QED) is 0.262. The van der Waals surface area contributed by atoms with E-state index in [0.29, 0.717) is 12.5 Å². The van der Waals surface area contributed by atoms with Gasteiger partial charge in [-0.2, -0.15) is 5.10 Å². The lowest BCUT2D eigenvalue weighted by molar-refractivity contribution is 0.766. The number of para-hydroxylation sites is 1. The molecule has 2 aromatic heterocycles. The second-order valence-electron chi connectivity index (χ2n) is 7.40. The highest BCUT2D eigenvalue weighted by Gasteiger charge is 2.10. The average molecular weight is 539 g/mol. The maximum Gasteiger partial charge on any atom is 0.191 e. The number of aromatic nitrogens is 3. The Labute approximate surface area is 200 Å². The van der Waals surface area contributed by atoms with Gasteiger partial charge in [0.05, 0.1) is 22.1 Å². The Morgan fingerprint density at radius 2 is 1.97 bits per heavy atom. The number of hydrogen-bond donors (Lipinski definition) is 2. The molecule has 2 heterocycles. The van der Waals surface area contributed by atoms with Crippen LogP contribution in [-0.4, -0.2) is 34.3 Å². The molecular formula is C22H31IN6S. The molecule has 0 radical (unpaired) electrons. The molecule has 0 fully saturated rings. The van der Waals surface area contributed by atoms with Gasteiger partial charge in [-0.1, -0.05) is 32.0 Å². The molecule has 0 saturated carbocycles. The molecule has 1 aromatic carbocycles. The Balaban J connectivity index is 0.00000320. The van der Waals surface area contributed by atoms with Crippen LogP contribution in [0.25, 0.3) is 5.69 Å². The van der Waals surface area contributed by atoms with Gasteiger partial charge in [-0.25, -0.2) is 9.67 Å². The van der Waals surface area contributed by atoms with E-state index in [9.17, 15) is 0 Å². The minimum absolute atomic E-state index is 0. The van der Waals surface area contributed by atoms with E-state index in [2.05, 4.69) is 76.1 Å². The van der Waals surface area contributed by atoms with Gasteiger partial charge in [-0.05, 0) is 31.5 Å². The summed E-state index contributed by atoms with van der Waals surface area (Å²) >= 11 is 1.74. The molecule has 0 bridgehead atoms. The molecule has 6 nitrogen and oxygen atoms in total. The van der Waals surface area contributed by atoms with E-state index < -0.39 is 0 Å². The molecule has 2 N–H and O–H groups in total. The molecule has 8 heteroatoms. The van der Waals surface area contributed by atoms with Crippen molar-refractivity contribution in [3.8, 4) is 5.69 Å². The van der Waals surface area contributed by atoms with Gasteiger partial charge < -0.3 is 10.6 Å². The number of nitrogens with zero attached hydrogens (tertiary/aromatic N) is 4. The van der Waals surface area contributed by atoms with Crippen LogP contribution in [0, 0.1) is 13.8 Å². The van der Waals surface area contributed by atoms with Crippen molar-refractivity contribution < 1.29 is 0 Å². The van der Waals surface area contributed by atoms with Crippen molar-refractivity contribution in [2.24, 2.45) is 4.99 Å². The third-order valence-electron chi connectivity index (χ3n) is 4.64. The molecule has 0 unspecified atom stereocenters. The van der Waals surface area contributed by atoms with Crippen LogP contribution in [0.15, 0.2) is 40.7 Å². The van der Waals surface area contributed by atoms with Gasteiger partial charge in [-0.15, -0.1) is 35.3 Å². The number of nitrogens with one attached hydrogen (secondary N) is 2. The highest BCUT2D eigenvalue weighted by atomic mass is 127. The van der Waals surface area contributed by atoms with Crippen LogP contribution in [0.1, 0.15) is 47.4 Å². The van der Waals surface area contributed by atoms with Crippen LogP contribution in [-0.2, 0) is 13.0 Å². The molecule has 0 aliphatic heterocycles. The number of rotatable bonds is 7. The van der Waals surface area contributed by atoms with Crippen LogP contribution < -0.4 is 10.6 Å². The number of benzene rings is 1. The fraction of sp³-hybridized carbons (Fsp3) is 0.409. The lowest BCUT2D eigenvalue weighted by atomic mass is 10.1. The van der Waals surface area contributed by atoms with Crippen molar-refractivity contribution in [1.29, 1.82) is 0 Å². The van der Waals surface area contributed by atoms with E-state index in [1.54, 1.807) is 18.4 Å². The van der Waals surface area contributed by atoms with Crippen molar-refractivity contribution in [1.82, 2.24) is 25.4 Å². The van der Waals surface area contributed by atoms with Crippen molar-refractivity contribution in [3.05, 3.63) is 63.4 Å². The molecule has 3 aromatic rings. The van der Waals surface area contributed by atoms with Gasteiger partial charge in [0.15, 0.2) is 5.96 Å². The number of hydrogen-bond acceptors (Lipinski definition) is 4. The standard InChI is InChI=1S/C22H30N6S.HI/c1-15(2)21-26-19(14-29-21)10-11-24-22(23-5)25-13-18-8-6-7-9-20(18)28-17(4)12-16(3)27-28;/h6-9,12,14-15H,10-11,13H2,1-5H3,(H2,23,24,25);1H. The molecule has 0 spiro atoms. The third-order valence-corrected chi connectivity index (χ3v) is 5.83. The molecule has 30 heavy (non-hydrogen) atoms. The van der Waals surface area contributed by atoms with Gasteiger partial charge >= 0.3 is 0 Å². The summed E-state index contributed by atoms with van der Waals surface area (Å²) in [4.78, 5) is 9.04. The minimum Gasteiger partial charge on any atom is -0.356 e. The van der Waals surface area contributed by atoms with Gasteiger partial charge in [0, 0.05) is 43.5 Å². The Morgan fingerprint density at radius 1 is 1.20 bits per heavy atom. The summed E-state index contributed by atoms with van der Waals surface area (Å²) in [6, 6.07) is 10.4. The van der Waals surface area contributed by atoms with E-state index in [0.717, 1.165) is 41.7 Å². The first-order chi connectivity index (χ1) is 14.0. The van der Waals surface area contributed by atoms with Crippen molar-refractivity contribution in [2.75, 3.05) is 13.6 Å². The molecule has 0 aliphatic rings. The topological polar surface area (TPSA) is 67.1 Å². The number of aliphatic imine (C=N–C) groups is 1. The summed E-state index contributed by atoms with van der Waals surface area (Å²) in [6.07, 6.45) is 0.881. The second kappa shape index (κ2) is 11.5. The maximum absolute atomic E-state index is 4.69. The van der Waals surface area contributed by atoms with E-state index in [-0.39, 0.29) is 24.0 Å². The summed E-state index contributed by atoms with van der Waals surface area (Å²) < 4.78 is 2.00. The van der Waals surface area contributed by atoms with Crippen LogP contribution in [0.2, 0.25) is 0 Å². The summed E-state index contributed by atoms with van der Waals surface area (Å²) in [6.45, 7) is 9.91. The maximum atomic E-state index is 4.69. The van der Waals surface area contributed by atoms with E-state index in [4.69, 9.17) is 0 Å². The summed E-state index contributed by atoms with van der Waals surface area (Å²) in [5.74, 6) is 1.27. The first-order valence-corrected chi connectivity index (χ1v) is 10.9. The van der Waals surface area contributed by atoms with Gasteiger partial charge in [0.25, 0.3) is 0 Å². The zero-order chi connectivity index (χ0) is 20.8. The zero-order valence-corrected chi connectivity index (χ0v) is 21.4. The van der Waals surface area contributed by atoms with Crippen molar-refractivity contribution >= 4 is 41.3 Å². The summed E-state index contributed by atoms with van der Waals surface area (Å²) in [7, 11) is 1.79. The molecule has 0 aliphatic carbocycles. The van der Waals surface area contributed by atoms with Crippen molar-refractivity contribution in [2.45, 2.75) is 46.6 Å². The van der Waals surface area contributed by atoms with Gasteiger partial charge in [-0.3, -0.25) is 4.99 Å². The molecule has 0 atom stereocenters. The predicted octanol–water partition coefficient (Wildman–Crippen LogP) is 4.59. The highest BCUT2D eigenvalue weighted by molar-refractivity contribution is 14.0. The SMILES string of the molecule is CN=C(NCCc1csc(C(C)C)n1)NCc1ccccc1-n1nc(C)cc1C.I. The second-order valence-corrected chi connectivity index (χ2v) is 8.29. The molecule has 3 rings (SSSR count). The lowest BCUT2D eigenvalue weighted by Crippen LogP contribution is -2.38. The predicted molar refractivity (Wildman–Crippen MR) is 137 cm³/mol. The molecular weight excluding hydrogens is 507 g/mol. The first-order valence-electron chi connectivity index (χ1n) is 9.98. The Kier molecular flexibility index (Phi) is 9.29. The van der Waals surface area contributed by atoms with E-state index in [1.165, 1.54) is 10.6 Å². The smallest absolute Gasteiger partial charge is 0.191 e. The largest absolute Gasteiger partial charge is 0.356 e. The Bertz CT molecular complexity index is 976. The first kappa shape index (κ1) is 24.3.